The standard InChI is InChI=1S/C53H87NO5/c1-4-7-10-13-16-19-22-24-25-26-27-28-31-34-37-40-43-46-53(58)59-49(44-41-38-35-32-29-21-18-15-12-9-6-3)47-52(57)54-50(48-55)51(56)45-42-39-36-33-30-23-20-17-14-11-8-5-2/h7,9-10,12-13,15-16,18-19,21-22,24-29,31,49-51,55-56H,4-6,8,11,14,17,20,23,30,32-48H2,1-3H3,(H,54,57)/b10-7-,12-9+,16-13+,18-15+,22-19+,25-24-,27-26+,29-21-,31-28+. The molecule has 3 unspecified atom stereocenters. The molecule has 0 aliphatic heterocycles. The number of ether oxygens (including phenoxy) is 1. The quantitative estimate of drug-likeness (QED) is 0.0325. The average molecular weight is 818 g/mol. The maximum Gasteiger partial charge on any atom is 0.306 e. The van der Waals surface area contributed by atoms with Crippen LogP contribution in [0.15, 0.2) is 109 Å². The van der Waals surface area contributed by atoms with Crippen molar-refractivity contribution in [2.75, 3.05) is 6.61 Å². The molecule has 0 aromatic carbocycles. The van der Waals surface area contributed by atoms with Gasteiger partial charge >= 0.3 is 5.97 Å². The molecule has 0 saturated carbocycles. The molecule has 6 nitrogen and oxygen atoms in total. The number of amides is 1. The van der Waals surface area contributed by atoms with E-state index < -0.39 is 18.2 Å². The number of unbranched alkanes of at least 4 members (excludes halogenated alkanes) is 17. The summed E-state index contributed by atoms with van der Waals surface area (Å²) in [6.45, 7) is 6.15. The van der Waals surface area contributed by atoms with E-state index in [0.717, 1.165) is 83.5 Å². The van der Waals surface area contributed by atoms with E-state index in [4.69, 9.17) is 4.74 Å². The highest BCUT2D eigenvalue weighted by Crippen LogP contribution is 2.17. The summed E-state index contributed by atoms with van der Waals surface area (Å²) in [6, 6.07) is -0.728. The minimum atomic E-state index is -0.811. The SMILES string of the molecule is CC\C=C/C=C/C=C/C=C\C=C\C=C\CCCCCC(=O)OC(CCCCC\C=C/C=C/C=C/CC)CC(=O)NC(CO)C(O)CCCCCCCCCCCCCC. The van der Waals surface area contributed by atoms with Crippen molar-refractivity contribution in [2.45, 2.75) is 206 Å². The third-order valence-electron chi connectivity index (χ3n) is 10.1. The van der Waals surface area contributed by atoms with Gasteiger partial charge in [-0.25, -0.2) is 0 Å². The summed E-state index contributed by atoms with van der Waals surface area (Å²) < 4.78 is 5.87. The Bertz CT molecular complexity index is 1240. The third-order valence-corrected chi connectivity index (χ3v) is 10.1. The van der Waals surface area contributed by atoms with E-state index in [0.29, 0.717) is 19.3 Å². The molecular weight excluding hydrogens is 731 g/mol. The monoisotopic (exact) mass is 818 g/mol. The van der Waals surface area contributed by atoms with Gasteiger partial charge in [-0.1, -0.05) is 220 Å². The van der Waals surface area contributed by atoms with E-state index in [-0.39, 0.29) is 24.9 Å². The third kappa shape index (κ3) is 41.1. The number of esters is 1. The Morgan fingerprint density at radius 3 is 1.39 bits per heavy atom. The van der Waals surface area contributed by atoms with E-state index in [1.54, 1.807) is 0 Å². The number of carbonyl (C=O) groups excluding carboxylic acids is 2. The van der Waals surface area contributed by atoms with Crippen LogP contribution in [-0.4, -0.2) is 46.9 Å². The summed E-state index contributed by atoms with van der Waals surface area (Å²) in [5.74, 6) is -0.574. The van der Waals surface area contributed by atoms with Gasteiger partial charge in [0.15, 0.2) is 0 Å². The molecule has 0 bridgehead atoms. The van der Waals surface area contributed by atoms with Crippen molar-refractivity contribution in [3.63, 3.8) is 0 Å². The normalized spacial score (nSPS) is 14.3. The van der Waals surface area contributed by atoms with E-state index >= 15 is 0 Å². The van der Waals surface area contributed by atoms with Gasteiger partial charge in [-0.05, 0) is 64.2 Å². The number of aliphatic hydroxyl groups excluding tert-OH is 2. The van der Waals surface area contributed by atoms with Crippen LogP contribution in [0, 0.1) is 0 Å². The predicted octanol–water partition coefficient (Wildman–Crippen LogP) is 13.9. The fraction of sp³-hybridized carbons (Fsp3) is 0.623. The summed E-state index contributed by atoms with van der Waals surface area (Å²) >= 11 is 0. The van der Waals surface area contributed by atoms with E-state index in [1.165, 1.54) is 57.8 Å². The van der Waals surface area contributed by atoms with Gasteiger partial charge in [-0.15, -0.1) is 0 Å². The second-order valence-electron chi connectivity index (χ2n) is 15.6. The van der Waals surface area contributed by atoms with Crippen molar-refractivity contribution in [1.29, 1.82) is 0 Å². The van der Waals surface area contributed by atoms with Gasteiger partial charge in [0.05, 0.1) is 25.2 Å². The summed E-state index contributed by atoms with van der Waals surface area (Å²) in [5.41, 5.74) is 0. The fourth-order valence-corrected chi connectivity index (χ4v) is 6.52. The molecule has 6 heteroatoms. The second-order valence-corrected chi connectivity index (χ2v) is 15.6. The second kappa shape index (κ2) is 45.6. The number of hydrogen-bond acceptors (Lipinski definition) is 5. The van der Waals surface area contributed by atoms with E-state index in [2.05, 4.69) is 62.5 Å². The first-order chi connectivity index (χ1) is 29.0. The van der Waals surface area contributed by atoms with Gasteiger partial charge < -0.3 is 20.3 Å². The van der Waals surface area contributed by atoms with Gasteiger partial charge in [0.2, 0.25) is 5.91 Å². The smallest absolute Gasteiger partial charge is 0.306 e. The molecule has 1 amide bonds. The topological polar surface area (TPSA) is 95.9 Å². The lowest BCUT2D eigenvalue weighted by molar-refractivity contribution is -0.151. The number of rotatable bonds is 40. The van der Waals surface area contributed by atoms with Crippen molar-refractivity contribution >= 4 is 11.9 Å². The Hall–Kier alpha value is -3.48. The Morgan fingerprint density at radius 2 is 0.915 bits per heavy atom. The number of allylic oxidation sites excluding steroid dienone is 18. The van der Waals surface area contributed by atoms with Crippen LogP contribution >= 0.6 is 0 Å². The molecule has 0 radical (unpaired) electrons. The van der Waals surface area contributed by atoms with E-state index in [1.807, 2.05) is 72.9 Å². The zero-order chi connectivity index (χ0) is 43.1. The highest BCUT2D eigenvalue weighted by Gasteiger charge is 2.24. The van der Waals surface area contributed by atoms with Crippen LogP contribution in [0.5, 0.6) is 0 Å². The lowest BCUT2D eigenvalue weighted by Crippen LogP contribution is -2.46. The van der Waals surface area contributed by atoms with Gasteiger partial charge in [0.1, 0.15) is 6.10 Å². The molecule has 3 N–H and O–H groups in total. The highest BCUT2D eigenvalue weighted by atomic mass is 16.5. The zero-order valence-corrected chi connectivity index (χ0v) is 37.8. The van der Waals surface area contributed by atoms with Gasteiger partial charge in [-0.2, -0.15) is 0 Å². The molecule has 3 atom stereocenters. The van der Waals surface area contributed by atoms with Crippen LogP contribution in [0.4, 0.5) is 0 Å². The lowest BCUT2D eigenvalue weighted by atomic mass is 10.0. The van der Waals surface area contributed by atoms with Crippen molar-refractivity contribution in [3.05, 3.63) is 109 Å². The lowest BCUT2D eigenvalue weighted by Gasteiger charge is -2.24. The first-order valence-electron chi connectivity index (χ1n) is 23.7. The van der Waals surface area contributed by atoms with Crippen LogP contribution in [0.1, 0.15) is 188 Å². The van der Waals surface area contributed by atoms with Gasteiger partial charge in [0.25, 0.3) is 0 Å². The predicted molar refractivity (Wildman–Crippen MR) is 254 cm³/mol. The Morgan fingerprint density at radius 1 is 0.508 bits per heavy atom. The fourth-order valence-electron chi connectivity index (χ4n) is 6.52. The van der Waals surface area contributed by atoms with Gasteiger partial charge in [-0.3, -0.25) is 9.59 Å². The molecule has 0 aliphatic carbocycles. The molecule has 0 aromatic heterocycles. The first-order valence-corrected chi connectivity index (χ1v) is 23.7. The van der Waals surface area contributed by atoms with Crippen LogP contribution < -0.4 is 5.32 Å². The number of hydrogen-bond donors (Lipinski definition) is 3. The summed E-state index contributed by atoms with van der Waals surface area (Å²) in [5, 5.41) is 23.7. The summed E-state index contributed by atoms with van der Waals surface area (Å²) in [4.78, 5) is 26.0. The minimum absolute atomic E-state index is 0.0288. The molecule has 0 heterocycles. The van der Waals surface area contributed by atoms with E-state index in [9.17, 15) is 19.8 Å². The molecular formula is C53H87NO5. The van der Waals surface area contributed by atoms with Crippen molar-refractivity contribution < 1.29 is 24.5 Å². The Kier molecular flexibility index (Phi) is 42.9. The van der Waals surface area contributed by atoms with Crippen LogP contribution in [0.3, 0.4) is 0 Å². The minimum Gasteiger partial charge on any atom is -0.462 e. The van der Waals surface area contributed by atoms with Crippen molar-refractivity contribution in [1.82, 2.24) is 5.32 Å². The molecule has 334 valence electrons. The molecule has 59 heavy (non-hydrogen) atoms. The summed E-state index contributed by atoms with van der Waals surface area (Å²) in [6.07, 6.45) is 61.4. The molecule has 0 spiro atoms. The first kappa shape index (κ1) is 55.5. The average Bonchev–Trinajstić information content (AvgIpc) is 3.23. The molecule has 0 aromatic rings. The number of carbonyl (C=O) groups is 2. The van der Waals surface area contributed by atoms with Gasteiger partial charge in [0, 0.05) is 6.42 Å². The number of aliphatic hydroxyl groups is 2. The van der Waals surface area contributed by atoms with Crippen molar-refractivity contribution in [3.8, 4) is 0 Å². The van der Waals surface area contributed by atoms with Crippen molar-refractivity contribution in [2.24, 2.45) is 0 Å². The summed E-state index contributed by atoms with van der Waals surface area (Å²) in [7, 11) is 0. The number of nitrogens with one attached hydrogen (secondary N) is 1. The highest BCUT2D eigenvalue weighted by molar-refractivity contribution is 5.77. The molecule has 0 rings (SSSR count). The molecule has 0 aliphatic rings. The molecule has 0 saturated heterocycles. The largest absolute Gasteiger partial charge is 0.462 e. The molecule has 0 fully saturated rings. The van der Waals surface area contributed by atoms with Crippen LogP contribution in [-0.2, 0) is 14.3 Å². The maximum atomic E-state index is 13.1. The Balaban J connectivity index is 4.72. The zero-order valence-electron chi connectivity index (χ0n) is 37.8. The maximum absolute atomic E-state index is 13.1. The van der Waals surface area contributed by atoms with Crippen LogP contribution in [0.25, 0.3) is 0 Å². The van der Waals surface area contributed by atoms with Crippen LogP contribution in [0.2, 0.25) is 0 Å². The Labute approximate surface area is 362 Å².